The summed E-state index contributed by atoms with van der Waals surface area (Å²) < 4.78 is 0. The van der Waals surface area contributed by atoms with Gasteiger partial charge in [-0.15, -0.1) is 11.3 Å². The molecule has 1 aliphatic heterocycles. The Morgan fingerprint density at radius 2 is 2.35 bits per heavy atom. The number of thiophene rings is 1. The monoisotopic (exact) mass is 355 g/mol. The van der Waals surface area contributed by atoms with E-state index in [0.29, 0.717) is 4.88 Å². The highest BCUT2D eigenvalue weighted by atomic mass is 79.9. The Hall–Kier alpha value is -1.07. The van der Waals surface area contributed by atoms with Crippen molar-refractivity contribution >= 4 is 38.8 Å². The van der Waals surface area contributed by atoms with Crippen LogP contribution in [0.25, 0.3) is 5.57 Å². The molecular formula is C15H18BrNO2S. The fourth-order valence-corrected chi connectivity index (χ4v) is 3.70. The molecule has 2 rings (SSSR count). The summed E-state index contributed by atoms with van der Waals surface area (Å²) in [5.41, 5.74) is 3.52. The quantitative estimate of drug-likeness (QED) is 0.786. The molecule has 0 amide bonds. The Morgan fingerprint density at radius 1 is 1.60 bits per heavy atom. The smallest absolute Gasteiger partial charge is 0.345 e. The van der Waals surface area contributed by atoms with Gasteiger partial charge in [-0.3, -0.25) is 0 Å². The lowest BCUT2D eigenvalue weighted by Crippen LogP contribution is -2.19. The van der Waals surface area contributed by atoms with E-state index >= 15 is 0 Å². The third-order valence-corrected chi connectivity index (χ3v) is 4.72. The molecule has 0 saturated carbocycles. The number of carbonyl (C=O) groups is 1. The van der Waals surface area contributed by atoms with Gasteiger partial charge in [0.2, 0.25) is 0 Å². The number of nitrogens with one attached hydrogen (secondary N) is 1. The minimum Gasteiger partial charge on any atom is -0.477 e. The highest BCUT2D eigenvalue weighted by molar-refractivity contribution is 9.09. The topological polar surface area (TPSA) is 49.3 Å². The number of carboxylic acid groups (broad SMARTS) is 1. The van der Waals surface area contributed by atoms with Crippen molar-refractivity contribution in [3.05, 3.63) is 39.2 Å². The molecule has 0 aliphatic carbocycles. The standard InChI is InChI=1S/C15H18BrNO2S/c1-3-12-7-11(6-9(2)16)14-10(4-5-17-12)8-13(20-14)15(18)19/h3,6,8-9,17H,4-5,7H2,1-2H3,(H,18,19)/b11-6+,12-3+. The fourth-order valence-electron chi connectivity index (χ4n) is 2.31. The predicted octanol–water partition coefficient (Wildman–Crippen LogP) is 4.05. The summed E-state index contributed by atoms with van der Waals surface area (Å²) in [6, 6.07) is 1.82. The third-order valence-electron chi connectivity index (χ3n) is 3.22. The molecule has 1 unspecified atom stereocenters. The summed E-state index contributed by atoms with van der Waals surface area (Å²) in [7, 11) is 0. The van der Waals surface area contributed by atoms with Gasteiger partial charge in [0, 0.05) is 28.4 Å². The number of halogens is 1. The molecule has 108 valence electrons. The minimum absolute atomic E-state index is 0.262. The Balaban J connectivity index is 2.49. The van der Waals surface area contributed by atoms with Gasteiger partial charge in [0.1, 0.15) is 4.88 Å². The highest BCUT2D eigenvalue weighted by Gasteiger charge is 2.19. The Bertz CT molecular complexity index is 572. The number of aromatic carboxylic acids is 1. The first-order valence-electron chi connectivity index (χ1n) is 6.61. The van der Waals surface area contributed by atoms with Crippen LogP contribution in [-0.2, 0) is 6.42 Å². The summed E-state index contributed by atoms with van der Waals surface area (Å²) in [5.74, 6) is -0.841. The second kappa shape index (κ2) is 6.59. The number of fused-ring (bicyclic) bond motifs is 1. The molecule has 1 aromatic heterocycles. The van der Waals surface area contributed by atoms with E-state index in [1.807, 2.05) is 13.0 Å². The Labute approximate surface area is 131 Å². The van der Waals surface area contributed by atoms with Gasteiger partial charge in [-0.1, -0.05) is 28.1 Å². The van der Waals surface area contributed by atoms with Crippen LogP contribution in [0.3, 0.4) is 0 Å². The van der Waals surface area contributed by atoms with Crippen LogP contribution in [0.2, 0.25) is 0 Å². The van der Waals surface area contributed by atoms with Gasteiger partial charge in [-0.25, -0.2) is 4.79 Å². The van der Waals surface area contributed by atoms with Crippen LogP contribution in [0.5, 0.6) is 0 Å². The van der Waals surface area contributed by atoms with E-state index in [-0.39, 0.29) is 4.83 Å². The second-order valence-corrected chi connectivity index (χ2v) is 7.30. The van der Waals surface area contributed by atoms with Crippen LogP contribution >= 0.6 is 27.3 Å². The number of allylic oxidation sites excluding steroid dienone is 3. The number of hydrogen-bond acceptors (Lipinski definition) is 3. The first-order valence-corrected chi connectivity index (χ1v) is 8.34. The number of rotatable bonds is 2. The van der Waals surface area contributed by atoms with Gasteiger partial charge in [0.05, 0.1) is 0 Å². The fraction of sp³-hybridized carbons (Fsp3) is 0.400. The van der Waals surface area contributed by atoms with E-state index in [9.17, 15) is 9.90 Å². The van der Waals surface area contributed by atoms with Crippen molar-refractivity contribution in [1.29, 1.82) is 0 Å². The van der Waals surface area contributed by atoms with Crippen molar-refractivity contribution in [2.24, 2.45) is 0 Å². The molecule has 1 aromatic rings. The zero-order chi connectivity index (χ0) is 14.7. The van der Waals surface area contributed by atoms with Crippen LogP contribution in [0.15, 0.2) is 23.9 Å². The van der Waals surface area contributed by atoms with E-state index < -0.39 is 5.97 Å². The molecule has 2 N–H and O–H groups in total. The molecule has 1 aliphatic rings. The lowest BCUT2D eigenvalue weighted by Gasteiger charge is -2.18. The number of carboxylic acids is 1. The summed E-state index contributed by atoms with van der Waals surface area (Å²) in [4.78, 5) is 13.0. The summed E-state index contributed by atoms with van der Waals surface area (Å²) in [5, 5.41) is 12.6. The van der Waals surface area contributed by atoms with Gasteiger partial charge in [-0.2, -0.15) is 0 Å². The summed E-state index contributed by atoms with van der Waals surface area (Å²) in [6.07, 6.45) is 5.92. The van der Waals surface area contributed by atoms with Crippen molar-refractivity contribution in [1.82, 2.24) is 5.32 Å². The molecule has 0 saturated heterocycles. The van der Waals surface area contributed by atoms with Crippen molar-refractivity contribution in [2.75, 3.05) is 6.54 Å². The predicted molar refractivity (Wildman–Crippen MR) is 87.7 cm³/mol. The lowest BCUT2D eigenvalue weighted by molar-refractivity contribution is 0.0702. The zero-order valence-corrected chi connectivity index (χ0v) is 14.0. The molecule has 2 heterocycles. The molecule has 5 heteroatoms. The van der Waals surface area contributed by atoms with Gasteiger partial charge >= 0.3 is 5.97 Å². The summed E-state index contributed by atoms with van der Waals surface area (Å²) in [6.45, 7) is 4.94. The maximum absolute atomic E-state index is 11.2. The highest BCUT2D eigenvalue weighted by Crippen LogP contribution is 2.35. The average molecular weight is 356 g/mol. The maximum atomic E-state index is 11.2. The van der Waals surface area contributed by atoms with Crippen molar-refractivity contribution in [2.45, 2.75) is 31.5 Å². The lowest BCUT2D eigenvalue weighted by atomic mass is 9.99. The van der Waals surface area contributed by atoms with Crippen LogP contribution in [-0.4, -0.2) is 22.4 Å². The SMILES string of the molecule is C/C=C1\C/C(=C\C(C)Br)c2sc(C(=O)O)cc2CCN1. The van der Waals surface area contributed by atoms with Crippen molar-refractivity contribution in [3.63, 3.8) is 0 Å². The molecule has 20 heavy (non-hydrogen) atoms. The molecule has 0 radical (unpaired) electrons. The van der Waals surface area contributed by atoms with Crippen molar-refractivity contribution < 1.29 is 9.90 Å². The van der Waals surface area contributed by atoms with Gasteiger partial charge in [0.15, 0.2) is 0 Å². The third kappa shape index (κ3) is 3.52. The normalized spacial score (nSPS) is 20.9. The van der Waals surface area contributed by atoms with Crippen molar-refractivity contribution in [3.8, 4) is 0 Å². The molecule has 1 atom stereocenters. The van der Waals surface area contributed by atoms with Gasteiger partial charge in [0.25, 0.3) is 0 Å². The van der Waals surface area contributed by atoms with Gasteiger partial charge < -0.3 is 10.4 Å². The first-order chi connectivity index (χ1) is 9.51. The van der Waals surface area contributed by atoms with Crippen LogP contribution in [0, 0.1) is 0 Å². The molecular weight excluding hydrogens is 338 g/mol. The first kappa shape index (κ1) is 15.3. The zero-order valence-electron chi connectivity index (χ0n) is 11.6. The van der Waals surface area contributed by atoms with E-state index in [1.165, 1.54) is 22.6 Å². The number of hydrogen-bond donors (Lipinski definition) is 2. The maximum Gasteiger partial charge on any atom is 0.345 e. The Kier molecular flexibility index (Phi) is 5.05. The van der Waals surface area contributed by atoms with E-state index in [1.54, 1.807) is 0 Å². The summed E-state index contributed by atoms with van der Waals surface area (Å²) >= 11 is 4.94. The molecule has 0 spiro atoms. The largest absolute Gasteiger partial charge is 0.477 e. The van der Waals surface area contributed by atoms with E-state index in [4.69, 9.17) is 0 Å². The average Bonchev–Trinajstić information content (AvgIpc) is 2.77. The van der Waals surface area contributed by atoms with Crippen LogP contribution in [0.1, 0.15) is 40.4 Å². The Morgan fingerprint density at radius 3 is 2.95 bits per heavy atom. The molecule has 0 aromatic carbocycles. The second-order valence-electron chi connectivity index (χ2n) is 4.81. The van der Waals surface area contributed by atoms with E-state index in [0.717, 1.165) is 29.8 Å². The minimum atomic E-state index is -0.841. The number of alkyl halides is 1. The van der Waals surface area contributed by atoms with Crippen LogP contribution in [0.4, 0.5) is 0 Å². The molecule has 0 fully saturated rings. The van der Waals surface area contributed by atoms with Gasteiger partial charge in [-0.05, 0) is 37.5 Å². The molecule has 3 nitrogen and oxygen atoms in total. The van der Waals surface area contributed by atoms with E-state index in [2.05, 4.69) is 40.3 Å². The molecule has 0 bridgehead atoms. The van der Waals surface area contributed by atoms with Crippen LogP contribution < -0.4 is 5.32 Å².